The molecule has 0 saturated carbocycles. The summed E-state index contributed by atoms with van der Waals surface area (Å²) in [5.74, 6) is 1.15. The third-order valence-electron chi connectivity index (χ3n) is 7.54. The summed E-state index contributed by atoms with van der Waals surface area (Å²) in [6.07, 6.45) is 3.02. The van der Waals surface area contributed by atoms with E-state index in [0.29, 0.717) is 48.9 Å². The monoisotopic (exact) mass is 564 g/mol. The fourth-order valence-corrected chi connectivity index (χ4v) is 4.59. The predicted octanol–water partition coefficient (Wildman–Crippen LogP) is -2.23. The van der Waals surface area contributed by atoms with Gasteiger partial charge in [-0.25, -0.2) is 0 Å². The Labute approximate surface area is 234 Å². The van der Waals surface area contributed by atoms with Crippen molar-refractivity contribution in [2.75, 3.05) is 65.9 Å². The molecule has 11 nitrogen and oxygen atoms in total. The average molecular weight is 565 g/mol. The molecule has 0 spiro atoms. The van der Waals surface area contributed by atoms with Crippen LogP contribution in [-0.2, 0) is 0 Å². The van der Waals surface area contributed by atoms with Gasteiger partial charge in [-0.3, -0.25) is 4.79 Å². The number of benzene rings is 2. The summed E-state index contributed by atoms with van der Waals surface area (Å²) in [5.41, 5.74) is 0.973. The van der Waals surface area contributed by atoms with E-state index in [1.165, 1.54) is 0 Å². The number of nitrogens with two attached hydrogens (primary N) is 2. The molecular weight excluding hydrogens is 520 g/mol. The van der Waals surface area contributed by atoms with Crippen molar-refractivity contribution in [3.8, 4) is 22.6 Å². The second-order valence-corrected chi connectivity index (χ2v) is 10.5. The van der Waals surface area contributed by atoms with Crippen LogP contribution in [0.3, 0.4) is 0 Å². The molecule has 222 valence electrons. The third-order valence-corrected chi connectivity index (χ3v) is 7.54. The van der Waals surface area contributed by atoms with Crippen LogP contribution >= 0.6 is 0 Å². The molecule has 0 aliphatic heterocycles. The van der Waals surface area contributed by atoms with Crippen molar-refractivity contribution in [3.05, 3.63) is 47.5 Å². The van der Waals surface area contributed by atoms with Crippen molar-refractivity contribution in [2.24, 2.45) is 0 Å². The van der Waals surface area contributed by atoms with E-state index in [2.05, 4.69) is 0 Å². The van der Waals surface area contributed by atoms with Gasteiger partial charge in [0.15, 0.2) is 16.9 Å². The van der Waals surface area contributed by atoms with Gasteiger partial charge in [-0.05, 0) is 73.2 Å². The molecule has 0 heterocycles. The fraction of sp³-hybridized carbons (Fsp3) is 0.552. The van der Waals surface area contributed by atoms with Gasteiger partial charge in [-0.2, -0.15) is 0 Å². The van der Waals surface area contributed by atoms with Gasteiger partial charge in [0, 0.05) is 11.1 Å². The van der Waals surface area contributed by atoms with Crippen molar-refractivity contribution < 1.29 is 55.5 Å². The molecular formula is C29H44N2O9+2. The standard InChI is InChI=1S/C29H42N2O9/c32-15-28(16-33,17-34)30-9-1-3-11-39-21-5-7-23-24-8-6-22(14-26(24)27(38)25(23)13-21)40-12-4-2-10-31-29(18-35,19-36)20-37/h5-8,13-14,30-37H,1-4,9-12,15-20H2/p+2. The first kappa shape index (κ1) is 31.9. The van der Waals surface area contributed by atoms with E-state index in [0.717, 1.165) is 36.8 Å². The lowest BCUT2D eigenvalue weighted by molar-refractivity contribution is -0.733. The SMILES string of the molecule is O=C1c2cc(OCCCC[NH2+]C(CO)(CO)CO)ccc2-c2ccc(OCCCC[NH2+]C(CO)(CO)CO)cc21. The second-order valence-electron chi connectivity index (χ2n) is 10.5. The summed E-state index contributed by atoms with van der Waals surface area (Å²) in [5, 5.41) is 59.8. The fourth-order valence-electron chi connectivity index (χ4n) is 4.59. The van der Waals surface area contributed by atoms with Crippen LogP contribution in [0.1, 0.15) is 41.6 Å². The predicted molar refractivity (Wildman–Crippen MR) is 146 cm³/mol. The van der Waals surface area contributed by atoms with Crippen LogP contribution in [-0.4, -0.2) is 113 Å². The highest BCUT2D eigenvalue weighted by atomic mass is 16.5. The van der Waals surface area contributed by atoms with Crippen molar-refractivity contribution in [2.45, 2.75) is 36.8 Å². The van der Waals surface area contributed by atoms with E-state index in [1.54, 1.807) is 22.8 Å². The normalized spacial score (nSPS) is 12.9. The zero-order valence-corrected chi connectivity index (χ0v) is 22.9. The molecule has 0 aromatic heterocycles. The van der Waals surface area contributed by atoms with Crippen LogP contribution in [0.4, 0.5) is 0 Å². The number of quaternary nitrogens is 2. The van der Waals surface area contributed by atoms with Gasteiger partial charge in [0.2, 0.25) is 0 Å². The summed E-state index contributed by atoms with van der Waals surface area (Å²) in [7, 11) is 0. The Balaban J connectivity index is 1.45. The Morgan fingerprint density at radius 1 is 0.550 bits per heavy atom. The number of ketones is 1. The second kappa shape index (κ2) is 15.4. The molecule has 0 radical (unpaired) electrons. The Hall–Kier alpha value is -2.61. The molecule has 1 aliphatic rings. The Kier molecular flexibility index (Phi) is 12.3. The zero-order valence-electron chi connectivity index (χ0n) is 22.9. The molecule has 3 rings (SSSR count). The molecule has 11 heteroatoms. The van der Waals surface area contributed by atoms with Gasteiger partial charge >= 0.3 is 0 Å². The van der Waals surface area contributed by atoms with Gasteiger partial charge in [-0.15, -0.1) is 0 Å². The maximum absolute atomic E-state index is 13.1. The van der Waals surface area contributed by atoms with E-state index in [1.807, 2.05) is 24.3 Å². The third kappa shape index (κ3) is 7.77. The number of unbranched alkanes of at least 4 members (excludes halogenated alkanes) is 2. The van der Waals surface area contributed by atoms with E-state index >= 15 is 0 Å². The van der Waals surface area contributed by atoms with E-state index in [-0.39, 0.29) is 45.4 Å². The van der Waals surface area contributed by atoms with Crippen LogP contribution in [0.2, 0.25) is 0 Å². The van der Waals surface area contributed by atoms with E-state index < -0.39 is 11.1 Å². The van der Waals surface area contributed by atoms with Gasteiger partial charge in [0.25, 0.3) is 0 Å². The average Bonchev–Trinajstić information content (AvgIpc) is 3.27. The minimum absolute atomic E-state index is 0.0770. The lowest BCUT2D eigenvalue weighted by Gasteiger charge is -2.25. The minimum Gasteiger partial charge on any atom is -0.494 e. The van der Waals surface area contributed by atoms with Crippen LogP contribution in [0.25, 0.3) is 11.1 Å². The molecule has 40 heavy (non-hydrogen) atoms. The largest absolute Gasteiger partial charge is 0.494 e. The topological polar surface area (TPSA) is 190 Å². The van der Waals surface area contributed by atoms with Crippen molar-refractivity contribution >= 4 is 5.78 Å². The summed E-state index contributed by atoms with van der Waals surface area (Å²) in [4.78, 5) is 13.1. The lowest BCUT2D eigenvalue weighted by Crippen LogP contribution is -3.00. The van der Waals surface area contributed by atoms with Crippen molar-refractivity contribution in [3.63, 3.8) is 0 Å². The molecule has 0 fully saturated rings. The minimum atomic E-state index is -0.962. The Bertz CT molecular complexity index is 987. The van der Waals surface area contributed by atoms with Gasteiger partial charge in [0.1, 0.15) is 51.1 Å². The quantitative estimate of drug-likeness (QED) is 0.0702. The number of ether oxygens (including phenoxy) is 2. The van der Waals surface area contributed by atoms with Gasteiger partial charge < -0.3 is 50.7 Å². The van der Waals surface area contributed by atoms with Crippen LogP contribution < -0.4 is 20.1 Å². The number of hydrogen-bond acceptors (Lipinski definition) is 9. The highest BCUT2D eigenvalue weighted by Gasteiger charge is 2.32. The zero-order chi connectivity index (χ0) is 29.0. The first-order valence-electron chi connectivity index (χ1n) is 13.8. The summed E-state index contributed by atoms with van der Waals surface area (Å²) < 4.78 is 11.7. The number of carbonyl (C=O) groups excluding carboxylic acids is 1. The van der Waals surface area contributed by atoms with Crippen molar-refractivity contribution in [1.29, 1.82) is 0 Å². The molecule has 0 amide bonds. The lowest BCUT2D eigenvalue weighted by atomic mass is 10.0. The molecule has 2 aromatic carbocycles. The molecule has 1 aliphatic carbocycles. The summed E-state index contributed by atoms with van der Waals surface area (Å²) in [6.45, 7) is 0.327. The van der Waals surface area contributed by atoms with Crippen LogP contribution in [0, 0.1) is 0 Å². The summed E-state index contributed by atoms with van der Waals surface area (Å²) >= 11 is 0. The molecule has 0 unspecified atom stereocenters. The summed E-state index contributed by atoms with van der Waals surface area (Å²) in [6, 6.07) is 11.0. The van der Waals surface area contributed by atoms with Crippen LogP contribution in [0.5, 0.6) is 11.5 Å². The maximum atomic E-state index is 13.1. The van der Waals surface area contributed by atoms with Gasteiger partial charge in [-0.1, -0.05) is 0 Å². The van der Waals surface area contributed by atoms with Crippen LogP contribution in [0.15, 0.2) is 36.4 Å². The first-order valence-corrected chi connectivity index (χ1v) is 13.8. The molecule has 0 atom stereocenters. The van der Waals surface area contributed by atoms with Gasteiger partial charge in [0.05, 0.1) is 26.3 Å². The first-order chi connectivity index (χ1) is 19.4. The molecule has 0 bridgehead atoms. The Morgan fingerprint density at radius 3 is 1.27 bits per heavy atom. The van der Waals surface area contributed by atoms with Crippen molar-refractivity contribution in [1.82, 2.24) is 0 Å². The number of fused-ring (bicyclic) bond motifs is 3. The number of aliphatic hydroxyl groups excluding tert-OH is 6. The number of carbonyl (C=O) groups is 1. The highest BCUT2D eigenvalue weighted by molar-refractivity contribution is 6.22. The molecule has 10 N–H and O–H groups in total. The highest BCUT2D eigenvalue weighted by Crippen LogP contribution is 2.39. The molecule has 2 aromatic rings. The maximum Gasteiger partial charge on any atom is 0.194 e. The number of rotatable bonds is 20. The Morgan fingerprint density at radius 2 is 0.925 bits per heavy atom. The number of aliphatic hydroxyl groups is 6. The number of hydrogen-bond donors (Lipinski definition) is 8. The molecule has 0 saturated heterocycles. The van der Waals surface area contributed by atoms with E-state index in [9.17, 15) is 35.4 Å². The smallest absolute Gasteiger partial charge is 0.194 e. The van der Waals surface area contributed by atoms with E-state index in [4.69, 9.17) is 9.47 Å².